The van der Waals surface area contributed by atoms with Crippen LogP contribution in [0.3, 0.4) is 0 Å². The second kappa shape index (κ2) is 8.65. The molecule has 12 heteroatoms. The van der Waals surface area contributed by atoms with Crippen molar-refractivity contribution in [2.24, 2.45) is 0 Å². The van der Waals surface area contributed by atoms with Crippen molar-refractivity contribution in [3.8, 4) is 17.3 Å². The van der Waals surface area contributed by atoms with E-state index in [1.807, 2.05) is 30.3 Å². The van der Waals surface area contributed by atoms with Gasteiger partial charge in [-0.2, -0.15) is 14.6 Å². The second-order valence-electron chi connectivity index (χ2n) is 7.52. The molecule has 1 amide bonds. The maximum atomic E-state index is 12.8. The lowest BCUT2D eigenvalue weighted by Gasteiger charge is -2.35. The Bertz CT molecular complexity index is 1310. The van der Waals surface area contributed by atoms with Crippen LogP contribution in [0.4, 0.5) is 5.82 Å². The largest absolute Gasteiger partial charge is 0.437 e. The first-order valence-corrected chi connectivity index (χ1v) is 10.4. The van der Waals surface area contributed by atoms with Crippen LogP contribution < -0.4 is 10.7 Å². The topological polar surface area (TPSA) is 128 Å². The molecule has 4 heterocycles. The third-order valence-electron chi connectivity index (χ3n) is 5.37. The number of benzene rings is 1. The maximum Gasteiger partial charge on any atom is 0.437 e. The zero-order chi connectivity index (χ0) is 22.8. The summed E-state index contributed by atoms with van der Waals surface area (Å²) in [5.41, 5.74) is 1.67. The van der Waals surface area contributed by atoms with E-state index >= 15 is 0 Å². The average molecular weight is 447 g/mol. The van der Waals surface area contributed by atoms with E-state index < -0.39 is 5.76 Å². The Morgan fingerprint density at radius 1 is 1.03 bits per heavy atom. The molecule has 1 fully saturated rings. The maximum absolute atomic E-state index is 12.8. The molecular formula is C21H21N9O3. The summed E-state index contributed by atoms with van der Waals surface area (Å²) in [4.78, 5) is 38.7. The second-order valence-corrected chi connectivity index (χ2v) is 7.52. The van der Waals surface area contributed by atoms with Crippen molar-refractivity contribution in [1.29, 1.82) is 0 Å². The first-order chi connectivity index (χ1) is 16.1. The monoisotopic (exact) mass is 447 g/mol. The molecule has 0 aliphatic carbocycles. The minimum absolute atomic E-state index is 0.0277. The van der Waals surface area contributed by atoms with Crippen molar-refractivity contribution >= 4 is 11.7 Å². The van der Waals surface area contributed by atoms with E-state index in [1.165, 1.54) is 4.80 Å². The van der Waals surface area contributed by atoms with Gasteiger partial charge < -0.3 is 14.2 Å². The Kier molecular flexibility index (Phi) is 5.39. The molecular weight excluding hydrogens is 426 g/mol. The molecule has 1 aliphatic rings. The molecule has 1 aliphatic heterocycles. The molecule has 0 unspecified atom stereocenters. The molecule has 5 rings (SSSR count). The van der Waals surface area contributed by atoms with Gasteiger partial charge in [-0.25, -0.2) is 9.78 Å². The van der Waals surface area contributed by atoms with Gasteiger partial charge in [0.25, 0.3) is 5.89 Å². The van der Waals surface area contributed by atoms with E-state index in [0.29, 0.717) is 37.6 Å². The molecule has 168 valence electrons. The highest BCUT2D eigenvalue weighted by Crippen LogP contribution is 2.18. The van der Waals surface area contributed by atoms with Gasteiger partial charge in [-0.3, -0.25) is 9.78 Å². The number of para-hydroxylation sites is 1. The lowest BCUT2D eigenvalue weighted by Crippen LogP contribution is -2.50. The van der Waals surface area contributed by atoms with Crippen molar-refractivity contribution in [1.82, 2.24) is 39.6 Å². The summed E-state index contributed by atoms with van der Waals surface area (Å²) >= 11 is 0. The molecule has 1 aromatic carbocycles. The SMILES string of the molecule is Cc1nn(-c2ccccc2)nc1-c1nn(CC(=O)N2CCN(c3cnccn3)CC2)c(=O)o1. The number of carbonyl (C=O) groups is 1. The summed E-state index contributed by atoms with van der Waals surface area (Å²) < 4.78 is 6.30. The fourth-order valence-corrected chi connectivity index (χ4v) is 3.62. The van der Waals surface area contributed by atoms with Gasteiger partial charge in [0.15, 0.2) is 5.69 Å². The Balaban J connectivity index is 1.27. The van der Waals surface area contributed by atoms with Crippen molar-refractivity contribution in [3.63, 3.8) is 0 Å². The van der Waals surface area contributed by atoms with Crippen molar-refractivity contribution in [2.75, 3.05) is 31.1 Å². The fraction of sp³-hybridized carbons (Fsp3) is 0.286. The molecule has 33 heavy (non-hydrogen) atoms. The molecule has 12 nitrogen and oxygen atoms in total. The minimum Gasteiger partial charge on any atom is -0.386 e. The van der Waals surface area contributed by atoms with Crippen LogP contribution in [0.25, 0.3) is 17.3 Å². The molecule has 0 spiro atoms. The Morgan fingerprint density at radius 3 is 2.55 bits per heavy atom. The number of hydrogen-bond donors (Lipinski definition) is 0. The highest BCUT2D eigenvalue weighted by molar-refractivity contribution is 5.76. The van der Waals surface area contributed by atoms with Gasteiger partial charge in [0.05, 0.1) is 17.6 Å². The van der Waals surface area contributed by atoms with Gasteiger partial charge in [0, 0.05) is 38.6 Å². The number of aryl methyl sites for hydroxylation is 1. The van der Waals surface area contributed by atoms with Crippen LogP contribution >= 0.6 is 0 Å². The van der Waals surface area contributed by atoms with Gasteiger partial charge in [0.2, 0.25) is 5.91 Å². The zero-order valence-corrected chi connectivity index (χ0v) is 17.9. The highest BCUT2D eigenvalue weighted by atomic mass is 16.4. The fourth-order valence-electron chi connectivity index (χ4n) is 3.62. The van der Waals surface area contributed by atoms with E-state index in [2.05, 4.69) is 30.2 Å². The van der Waals surface area contributed by atoms with Gasteiger partial charge in [-0.15, -0.1) is 10.2 Å². The van der Waals surface area contributed by atoms with Gasteiger partial charge in [0.1, 0.15) is 12.4 Å². The van der Waals surface area contributed by atoms with Crippen LogP contribution in [0.5, 0.6) is 0 Å². The van der Waals surface area contributed by atoms with E-state index in [0.717, 1.165) is 16.2 Å². The number of aromatic nitrogens is 7. The van der Waals surface area contributed by atoms with Crippen molar-refractivity contribution < 1.29 is 9.21 Å². The van der Waals surface area contributed by atoms with E-state index in [9.17, 15) is 9.59 Å². The van der Waals surface area contributed by atoms with E-state index in [1.54, 1.807) is 30.4 Å². The smallest absolute Gasteiger partial charge is 0.386 e. The van der Waals surface area contributed by atoms with Crippen LogP contribution in [0.15, 0.2) is 58.1 Å². The first-order valence-electron chi connectivity index (χ1n) is 10.4. The third kappa shape index (κ3) is 4.22. The summed E-state index contributed by atoms with van der Waals surface area (Å²) in [7, 11) is 0. The number of anilines is 1. The molecule has 0 bridgehead atoms. The summed E-state index contributed by atoms with van der Waals surface area (Å²) in [6.45, 7) is 3.83. The predicted molar refractivity (Wildman–Crippen MR) is 117 cm³/mol. The van der Waals surface area contributed by atoms with Crippen LogP contribution in [-0.4, -0.2) is 71.7 Å². The minimum atomic E-state index is -0.717. The molecule has 1 saturated heterocycles. The number of rotatable bonds is 5. The standard InChI is InChI=1S/C21H21N9O3/c1-15-19(25-30(24-15)16-5-3-2-4-6-16)20-26-29(21(32)33-20)14-18(31)28-11-9-27(10-12-28)17-13-22-7-8-23-17/h2-8,13H,9-12,14H2,1H3. The van der Waals surface area contributed by atoms with Gasteiger partial charge in [-0.1, -0.05) is 18.2 Å². The molecule has 0 atom stereocenters. The molecule has 3 aromatic heterocycles. The van der Waals surface area contributed by atoms with Gasteiger partial charge in [-0.05, 0) is 19.1 Å². The number of amides is 1. The van der Waals surface area contributed by atoms with Crippen molar-refractivity contribution in [2.45, 2.75) is 13.5 Å². The molecule has 4 aromatic rings. The van der Waals surface area contributed by atoms with Crippen LogP contribution in [-0.2, 0) is 11.3 Å². The summed E-state index contributed by atoms with van der Waals surface area (Å²) in [5.74, 6) is -0.119. The summed E-state index contributed by atoms with van der Waals surface area (Å²) in [5, 5.41) is 13.0. The quantitative estimate of drug-likeness (QED) is 0.430. The first kappa shape index (κ1) is 20.5. The number of nitrogens with zero attached hydrogens (tertiary/aromatic N) is 9. The van der Waals surface area contributed by atoms with Crippen LogP contribution in [0, 0.1) is 6.92 Å². The highest BCUT2D eigenvalue weighted by Gasteiger charge is 2.24. The van der Waals surface area contributed by atoms with E-state index in [-0.39, 0.29) is 18.3 Å². The molecule has 0 N–H and O–H groups in total. The Hall–Kier alpha value is -4.35. The van der Waals surface area contributed by atoms with Gasteiger partial charge >= 0.3 is 5.76 Å². The van der Waals surface area contributed by atoms with Crippen LogP contribution in [0.2, 0.25) is 0 Å². The Labute approximate surface area is 188 Å². The molecule has 0 radical (unpaired) electrons. The number of hydrogen-bond acceptors (Lipinski definition) is 9. The number of piperazine rings is 1. The van der Waals surface area contributed by atoms with E-state index in [4.69, 9.17) is 4.42 Å². The zero-order valence-electron chi connectivity index (χ0n) is 17.9. The number of carbonyl (C=O) groups excluding carboxylic acids is 1. The Morgan fingerprint density at radius 2 is 1.82 bits per heavy atom. The normalized spacial score (nSPS) is 14.0. The average Bonchev–Trinajstić information content (AvgIpc) is 3.42. The molecule has 0 saturated carbocycles. The third-order valence-corrected chi connectivity index (χ3v) is 5.37. The van der Waals surface area contributed by atoms with Crippen molar-refractivity contribution in [3.05, 3.63) is 65.2 Å². The lowest BCUT2D eigenvalue weighted by molar-refractivity contribution is -0.132. The lowest BCUT2D eigenvalue weighted by atomic mass is 10.3. The summed E-state index contributed by atoms with van der Waals surface area (Å²) in [6.07, 6.45) is 4.96. The summed E-state index contributed by atoms with van der Waals surface area (Å²) in [6, 6.07) is 9.37. The predicted octanol–water partition coefficient (Wildman–Crippen LogP) is 0.531. The van der Waals surface area contributed by atoms with Crippen LogP contribution in [0.1, 0.15) is 5.69 Å².